The van der Waals surface area contributed by atoms with E-state index < -0.39 is 23.3 Å². The summed E-state index contributed by atoms with van der Waals surface area (Å²) in [6.07, 6.45) is 1.56. The van der Waals surface area contributed by atoms with E-state index in [9.17, 15) is 24.3 Å². The summed E-state index contributed by atoms with van der Waals surface area (Å²) >= 11 is 2.19. The molecule has 2 aliphatic rings. The lowest BCUT2D eigenvalue weighted by Gasteiger charge is -2.49. The van der Waals surface area contributed by atoms with Crippen LogP contribution in [-0.2, 0) is 19.2 Å². The van der Waals surface area contributed by atoms with Crippen LogP contribution in [0.1, 0.15) is 6.92 Å². The summed E-state index contributed by atoms with van der Waals surface area (Å²) in [5, 5.41) is 10.9. The molecule has 9 heteroatoms. The highest BCUT2D eigenvalue weighted by Crippen LogP contribution is 2.41. The number of amides is 2. The number of nitrogens with zero attached hydrogens (tertiary/aromatic N) is 1. The number of carbonyl (C=O) groups excluding carboxylic acids is 3. The summed E-state index contributed by atoms with van der Waals surface area (Å²) < 4.78 is 0. The van der Waals surface area contributed by atoms with Gasteiger partial charge in [0, 0.05) is 18.2 Å². The number of fused-ring (bicyclic) bond motifs is 1. The second-order valence-corrected chi connectivity index (χ2v) is 6.10. The van der Waals surface area contributed by atoms with Crippen LogP contribution in [0.5, 0.6) is 0 Å². The predicted octanol–water partition coefficient (Wildman–Crippen LogP) is -0.365. The Morgan fingerprint density at radius 2 is 2.10 bits per heavy atom. The van der Waals surface area contributed by atoms with E-state index in [4.69, 9.17) is 0 Å². The predicted molar refractivity (Wildman–Crippen MR) is 73.9 cm³/mol. The third-order valence-electron chi connectivity index (χ3n) is 2.96. The number of rotatable bonds is 3. The second-order valence-electron chi connectivity index (χ2n) is 4.21. The van der Waals surface area contributed by atoms with Crippen LogP contribution in [0, 0.1) is 0 Å². The van der Waals surface area contributed by atoms with Gasteiger partial charge in [0.25, 0.3) is 5.91 Å². The minimum Gasteiger partial charge on any atom is -0.477 e. The normalized spacial score (nSPS) is 24.9. The highest BCUT2D eigenvalue weighted by molar-refractivity contribution is 8.13. The van der Waals surface area contributed by atoms with E-state index in [1.54, 1.807) is 6.26 Å². The van der Waals surface area contributed by atoms with Gasteiger partial charge < -0.3 is 10.4 Å². The van der Waals surface area contributed by atoms with E-state index in [2.05, 4.69) is 5.32 Å². The van der Waals surface area contributed by atoms with Crippen molar-refractivity contribution >= 4 is 46.4 Å². The highest BCUT2D eigenvalue weighted by Gasteiger charge is 2.54. The van der Waals surface area contributed by atoms with E-state index in [0.717, 1.165) is 16.7 Å². The number of carboxylic acids is 1. The molecule has 0 aliphatic carbocycles. The van der Waals surface area contributed by atoms with Crippen LogP contribution < -0.4 is 5.32 Å². The van der Waals surface area contributed by atoms with Crippen LogP contribution >= 0.6 is 23.5 Å². The Morgan fingerprint density at radius 1 is 1.45 bits per heavy atom. The summed E-state index contributed by atoms with van der Waals surface area (Å²) in [4.78, 5) is 47.2. The first-order chi connectivity index (χ1) is 9.38. The average molecular weight is 316 g/mol. The topological polar surface area (TPSA) is 104 Å². The van der Waals surface area contributed by atoms with Crippen LogP contribution in [0.15, 0.2) is 11.3 Å². The van der Waals surface area contributed by atoms with Crippen molar-refractivity contribution in [3.05, 3.63) is 11.3 Å². The molecule has 1 unspecified atom stereocenters. The number of hydrogen-bond donors (Lipinski definition) is 2. The summed E-state index contributed by atoms with van der Waals surface area (Å²) in [5.41, 5.74) is -0.138. The maximum Gasteiger partial charge on any atom is 0.353 e. The first-order valence-electron chi connectivity index (χ1n) is 5.65. The molecule has 0 bridgehead atoms. The molecule has 7 nitrogen and oxygen atoms in total. The molecule has 20 heavy (non-hydrogen) atoms. The minimum atomic E-state index is -1.30. The monoisotopic (exact) mass is 316 g/mol. The molecule has 2 rings (SSSR count). The number of nitrogens with one attached hydrogen (secondary N) is 1. The summed E-state index contributed by atoms with van der Waals surface area (Å²) in [7, 11) is 0. The van der Waals surface area contributed by atoms with Gasteiger partial charge in [-0.3, -0.25) is 19.3 Å². The van der Waals surface area contributed by atoms with Crippen LogP contribution in [-0.4, -0.2) is 56.3 Å². The first kappa shape index (κ1) is 14.9. The Kier molecular flexibility index (Phi) is 4.09. The maximum absolute atomic E-state index is 12.0. The summed E-state index contributed by atoms with van der Waals surface area (Å²) in [6, 6.07) is -0.724. The van der Waals surface area contributed by atoms with Gasteiger partial charge in [-0.25, -0.2) is 4.79 Å². The van der Waals surface area contributed by atoms with Gasteiger partial charge in [-0.15, -0.1) is 11.8 Å². The molecule has 0 aromatic rings. The number of aliphatic carboxylic acids is 1. The fourth-order valence-corrected chi connectivity index (χ4v) is 3.96. The Hall–Kier alpha value is -1.48. The molecule has 1 fully saturated rings. The van der Waals surface area contributed by atoms with Gasteiger partial charge in [-0.1, -0.05) is 11.8 Å². The number of hydrogen-bond acceptors (Lipinski definition) is 6. The Bertz CT molecular complexity index is 545. The summed E-state index contributed by atoms with van der Waals surface area (Å²) in [6.45, 7) is 1.29. The van der Waals surface area contributed by atoms with Crippen LogP contribution in [0.25, 0.3) is 0 Å². The SMILES string of the molecule is CSC(=O)C1=C(C(=O)O)N2C(=O)C(NC(C)=O)[C@@H]2SC1. The number of carbonyl (C=O) groups is 4. The Morgan fingerprint density at radius 3 is 2.60 bits per heavy atom. The van der Waals surface area contributed by atoms with Crippen molar-refractivity contribution in [1.82, 2.24) is 10.2 Å². The molecule has 2 atom stereocenters. The minimum absolute atomic E-state index is 0.126. The van der Waals surface area contributed by atoms with Crippen molar-refractivity contribution < 1.29 is 24.3 Å². The first-order valence-corrected chi connectivity index (χ1v) is 7.92. The molecule has 2 amide bonds. The molecule has 2 heterocycles. The van der Waals surface area contributed by atoms with Crippen LogP contribution in [0.2, 0.25) is 0 Å². The van der Waals surface area contributed by atoms with Gasteiger partial charge in [-0.2, -0.15) is 0 Å². The largest absolute Gasteiger partial charge is 0.477 e. The lowest BCUT2D eigenvalue weighted by Crippen LogP contribution is -2.70. The quantitative estimate of drug-likeness (QED) is 0.685. The standard InChI is InChI=1S/C11H12N2O5S2/c1-4(14)12-6-8(15)13-7(10(16)17)5(11(18)19-2)3-20-9(6)13/h6,9H,3H2,1-2H3,(H,12,14)(H,16,17)/t6?,9-/m0/s1. The molecule has 2 N–H and O–H groups in total. The van der Waals surface area contributed by atoms with Gasteiger partial charge in [0.05, 0.1) is 0 Å². The van der Waals surface area contributed by atoms with Crippen molar-refractivity contribution in [3.8, 4) is 0 Å². The van der Waals surface area contributed by atoms with Gasteiger partial charge in [0.15, 0.2) is 0 Å². The maximum atomic E-state index is 12.0. The molecule has 108 valence electrons. The number of thioether (sulfide) groups is 2. The molecule has 0 saturated carbocycles. The van der Waals surface area contributed by atoms with E-state index in [0.29, 0.717) is 0 Å². The van der Waals surface area contributed by atoms with Gasteiger partial charge in [-0.05, 0) is 6.26 Å². The van der Waals surface area contributed by atoms with Gasteiger partial charge in [0.1, 0.15) is 17.1 Å². The molecular weight excluding hydrogens is 304 g/mol. The number of carboxylic acid groups (broad SMARTS) is 1. The second kappa shape index (κ2) is 5.49. The van der Waals surface area contributed by atoms with Crippen LogP contribution in [0.3, 0.4) is 0 Å². The van der Waals surface area contributed by atoms with Crippen molar-refractivity contribution in [2.75, 3.05) is 12.0 Å². The van der Waals surface area contributed by atoms with Crippen molar-refractivity contribution in [2.45, 2.75) is 18.3 Å². The third-order valence-corrected chi connectivity index (χ3v) is 4.86. The smallest absolute Gasteiger partial charge is 0.353 e. The van der Waals surface area contributed by atoms with E-state index in [-0.39, 0.29) is 28.0 Å². The molecule has 0 aromatic carbocycles. The molecule has 2 aliphatic heterocycles. The van der Waals surface area contributed by atoms with Crippen molar-refractivity contribution in [2.24, 2.45) is 0 Å². The Balaban J connectivity index is 2.33. The zero-order chi connectivity index (χ0) is 15.0. The molecule has 1 saturated heterocycles. The zero-order valence-corrected chi connectivity index (χ0v) is 12.3. The highest BCUT2D eigenvalue weighted by atomic mass is 32.2. The fraction of sp³-hybridized carbons (Fsp3) is 0.455. The Labute approximate surface area is 123 Å². The van der Waals surface area contributed by atoms with E-state index in [1.165, 1.54) is 18.7 Å². The van der Waals surface area contributed by atoms with E-state index in [1.807, 2.05) is 0 Å². The lowest BCUT2D eigenvalue weighted by molar-refractivity contribution is -0.150. The molecule has 0 aromatic heterocycles. The molecule has 0 spiro atoms. The zero-order valence-electron chi connectivity index (χ0n) is 10.7. The lowest BCUT2D eigenvalue weighted by atomic mass is 10.0. The van der Waals surface area contributed by atoms with E-state index >= 15 is 0 Å². The molecule has 0 radical (unpaired) electrons. The van der Waals surface area contributed by atoms with Crippen molar-refractivity contribution in [3.63, 3.8) is 0 Å². The fourth-order valence-electron chi connectivity index (χ4n) is 2.12. The summed E-state index contributed by atoms with van der Waals surface area (Å²) in [5.74, 6) is -1.94. The third kappa shape index (κ3) is 2.31. The van der Waals surface area contributed by atoms with Crippen LogP contribution in [0.4, 0.5) is 0 Å². The van der Waals surface area contributed by atoms with Crippen molar-refractivity contribution in [1.29, 1.82) is 0 Å². The number of β-lactam (4-membered cyclic amide) rings is 1. The van der Waals surface area contributed by atoms with Gasteiger partial charge in [0.2, 0.25) is 11.0 Å². The molecular formula is C11H12N2O5S2. The van der Waals surface area contributed by atoms with Gasteiger partial charge >= 0.3 is 5.97 Å². The average Bonchev–Trinajstić information content (AvgIpc) is 2.41.